The third kappa shape index (κ3) is 2.65. The van der Waals surface area contributed by atoms with E-state index in [2.05, 4.69) is 10.3 Å². The topological polar surface area (TPSA) is 112 Å². The summed E-state index contributed by atoms with van der Waals surface area (Å²) < 4.78 is 5.21. The van der Waals surface area contributed by atoms with Crippen molar-refractivity contribution in [1.82, 2.24) is 15.2 Å². The number of pyridine rings is 1. The summed E-state index contributed by atoms with van der Waals surface area (Å²) in [5, 5.41) is 2.28. The second kappa shape index (κ2) is 5.73. The third-order valence-corrected chi connectivity index (χ3v) is 4.70. The van der Waals surface area contributed by atoms with Gasteiger partial charge in [0.05, 0.1) is 17.9 Å². The number of imide groups is 1. The van der Waals surface area contributed by atoms with Crippen molar-refractivity contribution in [2.45, 2.75) is 6.42 Å². The number of H-pyrrole nitrogens is 1. The molecule has 1 atom stereocenters. The van der Waals surface area contributed by atoms with E-state index in [4.69, 9.17) is 4.42 Å². The Morgan fingerprint density at radius 3 is 2.56 bits per heavy atom. The maximum absolute atomic E-state index is 12.5. The van der Waals surface area contributed by atoms with Crippen molar-refractivity contribution >= 4 is 17.7 Å². The number of carbonyl (C=O) groups is 3. The van der Waals surface area contributed by atoms with Crippen molar-refractivity contribution in [1.29, 1.82) is 0 Å². The molecule has 0 saturated carbocycles. The van der Waals surface area contributed by atoms with Gasteiger partial charge in [0.2, 0.25) is 11.8 Å². The second-order valence-corrected chi connectivity index (χ2v) is 6.29. The average Bonchev–Trinajstić information content (AvgIpc) is 3.16. The average molecular weight is 341 g/mol. The van der Waals surface area contributed by atoms with Crippen LogP contribution in [0.15, 0.2) is 39.7 Å². The molecule has 2 fully saturated rings. The third-order valence-electron chi connectivity index (χ3n) is 4.70. The molecule has 8 heteroatoms. The second-order valence-electron chi connectivity index (χ2n) is 6.29. The van der Waals surface area contributed by atoms with Crippen molar-refractivity contribution in [3.8, 4) is 11.5 Å². The van der Waals surface area contributed by atoms with E-state index in [0.29, 0.717) is 24.5 Å². The summed E-state index contributed by atoms with van der Waals surface area (Å²) in [5.41, 5.74) is 0.0472. The normalized spacial score (nSPS) is 20.5. The number of hydrogen-bond donors (Lipinski definition) is 2. The summed E-state index contributed by atoms with van der Waals surface area (Å²) in [6, 6.07) is 6.50. The Morgan fingerprint density at radius 2 is 1.96 bits per heavy atom. The van der Waals surface area contributed by atoms with Crippen LogP contribution in [0.25, 0.3) is 11.5 Å². The fourth-order valence-corrected chi connectivity index (χ4v) is 3.28. The lowest BCUT2D eigenvalue weighted by Crippen LogP contribution is -2.54. The number of nitrogens with one attached hydrogen (secondary N) is 2. The van der Waals surface area contributed by atoms with Gasteiger partial charge >= 0.3 is 0 Å². The number of likely N-dealkylation sites (tertiary alicyclic amines) is 1. The van der Waals surface area contributed by atoms with Crippen LogP contribution in [0.5, 0.6) is 0 Å². The highest BCUT2D eigenvalue weighted by Gasteiger charge is 2.44. The maximum atomic E-state index is 12.5. The monoisotopic (exact) mass is 341 g/mol. The van der Waals surface area contributed by atoms with Gasteiger partial charge in [-0.25, -0.2) is 0 Å². The van der Waals surface area contributed by atoms with E-state index in [9.17, 15) is 19.2 Å². The van der Waals surface area contributed by atoms with Gasteiger partial charge in [-0.15, -0.1) is 0 Å². The zero-order chi connectivity index (χ0) is 17.6. The number of carbonyl (C=O) groups excluding carboxylic acids is 3. The molecule has 0 bridgehead atoms. The van der Waals surface area contributed by atoms with Gasteiger partial charge in [0.15, 0.2) is 0 Å². The van der Waals surface area contributed by atoms with E-state index in [0.717, 1.165) is 0 Å². The number of nitrogens with zero attached hydrogens (tertiary/aromatic N) is 1. The van der Waals surface area contributed by atoms with E-state index in [-0.39, 0.29) is 41.5 Å². The molecule has 128 valence electrons. The Hall–Kier alpha value is -3.16. The lowest BCUT2D eigenvalue weighted by molar-refractivity contribution is -0.127. The molecule has 3 amide bonds. The van der Waals surface area contributed by atoms with E-state index >= 15 is 0 Å². The number of rotatable bonds is 3. The zero-order valence-corrected chi connectivity index (χ0v) is 13.2. The molecule has 25 heavy (non-hydrogen) atoms. The van der Waals surface area contributed by atoms with Crippen molar-refractivity contribution in [2.75, 3.05) is 13.1 Å². The number of aromatic amines is 1. The van der Waals surface area contributed by atoms with Crippen LogP contribution in [0.3, 0.4) is 0 Å². The first-order valence-corrected chi connectivity index (χ1v) is 7.93. The standard InChI is InChI=1S/C17H15N3O5/c21-14-6-11(16(23)19-14)9-7-20(8-9)17(24)10-3-4-12(18-15(10)22)13-2-1-5-25-13/h1-5,9,11H,6-8H2,(H,18,22)(H,19,21,23). The van der Waals surface area contributed by atoms with Crippen LogP contribution in [0.2, 0.25) is 0 Å². The molecule has 2 aliphatic heterocycles. The minimum absolute atomic E-state index is 0.0423. The maximum Gasteiger partial charge on any atom is 0.261 e. The minimum Gasteiger partial charge on any atom is -0.463 e. The Balaban J connectivity index is 1.45. The highest BCUT2D eigenvalue weighted by atomic mass is 16.3. The molecule has 4 heterocycles. The predicted molar refractivity (Wildman–Crippen MR) is 85.4 cm³/mol. The summed E-state index contributed by atoms with van der Waals surface area (Å²) in [4.78, 5) is 51.7. The van der Waals surface area contributed by atoms with Gasteiger partial charge in [-0.3, -0.25) is 24.5 Å². The van der Waals surface area contributed by atoms with Gasteiger partial charge in [-0.2, -0.15) is 0 Å². The first-order chi connectivity index (χ1) is 12.0. The van der Waals surface area contributed by atoms with E-state index < -0.39 is 5.56 Å². The van der Waals surface area contributed by atoms with E-state index in [1.165, 1.54) is 17.2 Å². The van der Waals surface area contributed by atoms with Crippen LogP contribution < -0.4 is 10.9 Å². The van der Waals surface area contributed by atoms with Crippen molar-refractivity contribution in [2.24, 2.45) is 11.8 Å². The first-order valence-electron chi connectivity index (χ1n) is 7.93. The molecule has 2 aliphatic rings. The van der Waals surface area contributed by atoms with Crippen LogP contribution in [0.4, 0.5) is 0 Å². The molecular weight excluding hydrogens is 326 g/mol. The smallest absolute Gasteiger partial charge is 0.261 e. The summed E-state index contributed by atoms with van der Waals surface area (Å²) in [6.07, 6.45) is 1.67. The van der Waals surface area contributed by atoms with Crippen LogP contribution in [-0.2, 0) is 9.59 Å². The molecule has 4 rings (SSSR count). The Bertz CT molecular complexity index is 909. The van der Waals surface area contributed by atoms with Crippen LogP contribution in [0, 0.1) is 11.8 Å². The molecule has 2 saturated heterocycles. The SMILES string of the molecule is O=C1CC(C2CN(C(=O)c3ccc(-c4ccco4)[nH]c3=O)C2)C(=O)N1. The molecule has 2 N–H and O–H groups in total. The molecule has 8 nitrogen and oxygen atoms in total. The van der Waals surface area contributed by atoms with Gasteiger partial charge in [-0.05, 0) is 24.3 Å². The number of amides is 3. The van der Waals surface area contributed by atoms with Gasteiger partial charge in [0, 0.05) is 25.4 Å². The Labute approximate surface area is 141 Å². The largest absolute Gasteiger partial charge is 0.463 e. The summed E-state index contributed by atoms with van der Waals surface area (Å²) in [6.45, 7) is 0.729. The molecular formula is C17H15N3O5. The number of hydrogen-bond acceptors (Lipinski definition) is 5. The Kier molecular flexibility index (Phi) is 3.52. The zero-order valence-electron chi connectivity index (χ0n) is 13.2. The lowest BCUT2D eigenvalue weighted by Gasteiger charge is -2.41. The quantitative estimate of drug-likeness (QED) is 0.783. The highest BCUT2D eigenvalue weighted by Crippen LogP contribution is 2.30. The molecule has 0 spiro atoms. The lowest BCUT2D eigenvalue weighted by atomic mass is 9.84. The van der Waals surface area contributed by atoms with Gasteiger partial charge < -0.3 is 14.3 Å². The number of furan rings is 1. The predicted octanol–water partition coefficient (Wildman–Crippen LogP) is 0.370. The van der Waals surface area contributed by atoms with E-state index in [1.54, 1.807) is 18.2 Å². The molecule has 0 aliphatic carbocycles. The van der Waals surface area contributed by atoms with Gasteiger partial charge in [0.1, 0.15) is 11.3 Å². The van der Waals surface area contributed by atoms with Crippen molar-refractivity contribution in [3.05, 3.63) is 46.4 Å². The summed E-state index contributed by atoms with van der Waals surface area (Å²) in [5.74, 6) is -0.842. The van der Waals surface area contributed by atoms with Crippen LogP contribution in [0.1, 0.15) is 16.8 Å². The van der Waals surface area contributed by atoms with E-state index in [1.807, 2.05) is 0 Å². The molecule has 0 aromatic carbocycles. The Morgan fingerprint density at radius 1 is 1.16 bits per heavy atom. The highest BCUT2D eigenvalue weighted by molar-refractivity contribution is 6.04. The fraction of sp³-hybridized carbons (Fsp3) is 0.294. The molecule has 1 unspecified atom stereocenters. The van der Waals surface area contributed by atoms with Gasteiger partial charge in [0.25, 0.3) is 11.5 Å². The fourth-order valence-electron chi connectivity index (χ4n) is 3.28. The summed E-state index contributed by atoms with van der Waals surface area (Å²) in [7, 11) is 0. The van der Waals surface area contributed by atoms with Crippen molar-refractivity contribution in [3.63, 3.8) is 0 Å². The molecule has 2 aromatic heterocycles. The number of aromatic nitrogens is 1. The minimum atomic E-state index is -0.490. The molecule has 2 aromatic rings. The first kappa shape index (κ1) is 15.4. The summed E-state index contributed by atoms with van der Waals surface area (Å²) >= 11 is 0. The van der Waals surface area contributed by atoms with Crippen LogP contribution in [-0.4, -0.2) is 40.7 Å². The molecule has 0 radical (unpaired) electrons. The van der Waals surface area contributed by atoms with Crippen molar-refractivity contribution < 1.29 is 18.8 Å². The van der Waals surface area contributed by atoms with Crippen LogP contribution >= 0.6 is 0 Å². The van der Waals surface area contributed by atoms with Gasteiger partial charge in [-0.1, -0.05) is 0 Å².